The zero-order valence-corrected chi connectivity index (χ0v) is 12.0. The van der Waals surface area contributed by atoms with Crippen molar-refractivity contribution >= 4 is 11.6 Å². The van der Waals surface area contributed by atoms with Crippen molar-refractivity contribution in [2.45, 2.75) is 32.2 Å². The van der Waals surface area contributed by atoms with E-state index in [0.29, 0.717) is 12.6 Å². The van der Waals surface area contributed by atoms with Crippen molar-refractivity contribution < 1.29 is 0 Å². The minimum absolute atomic E-state index is 0.235. The largest absolute Gasteiger partial charge is 0.330 e. The number of benzene rings is 1. The number of halogens is 1. The lowest BCUT2D eigenvalue weighted by molar-refractivity contribution is 0.492. The maximum absolute atomic E-state index is 5.91. The molecule has 0 amide bonds. The maximum atomic E-state index is 5.91. The van der Waals surface area contributed by atoms with E-state index in [1.807, 2.05) is 28.9 Å². The molecule has 4 nitrogen and oxygen atoms in total. The molecule has 0 saturated carbocycles. The molecule has 0 aliphatic carbocycles. The Bertz CT molecular complexity index is 518. The van der Waals surface area contributed by atoms with Crippen LogP contribution in [0, 0.1) is 0 Å². The molecule has 1 unspecified atom stereocenters. The van der Waals surface area contributed by atoms with Gasteiger partial charge in [-0.05, 0) is 38.1 Å². The third-order valence-electron chi connectivity index (χ3n) is 3.19. The van der Waals surface area contributed by atoms with Crippen LogP contribution >= 0.6 is 11.6 Å². The van der Waals surface area contributed by atoms with Crippen molar-refractivity contribution in [1.82, 2.24) is 14.8 Å². The van der Waals surface area contributed by atoms with Crippen LogP contribution in [0.5, 0.6) is 0 Å². The van der Waals surface area contributed by atoms with Crippen LogP contribution in [0.25, 0.3) is 0 Å². The SMILES string of the molecule is CC(C)n1ncnc1CC(CN)c1ccc(Cl)cc1. The highest BCUT2D eigenvalue weighted by Crippen LogP contribution is 2.21. The van der Waals surface area contributed by atoms with Crippen molar-refractivity contribution in [2.24, 2.45) is 5.73 Å². The van der Waals surface area contributed by atoms with Crippen LogP contribution in [-0.4, -0.2) is 21.3 Å². The Morgan fingerprint density at radius 3 is 2.53 bits per heavy atom. The Hall–Kier alpha value is -1.39. The highest BCUT2D eigenvalue weighted by Gasteiger charge is 2.15. The number of aromatic nitrogens is 3. The van der Waals surface area contributed by atoms with E-state index < -0.39 is 0 Å². The molecule has 0 spiro atoms. The van der Waals surface area contributed by atoms with Crippen LogP contribution < -0.4 is 5.73 Å². The second-order valence-electron chi connectivity index (χ2n) is 4.90. The second kappa shape index (κ2) is 6.17. The van der Waals surface area contributed by atoms with Gasteiger partial charge in [0.25, 0.3) is 0 Å². The first-order valence-electron chi connectivity index (χ1n) is 6.45. The lowest BCUT2D eigenvalue weighted by atomic mass is 9.95. The van der Waals surface area contributed by atoms with Gasteiger partial charge in [0.2, 0.25) is 0 Å². The monoisotopic (exact) mass is 278 g/mol. The summed E-state index contributed by atoms with van der Waals surface area (Å²) in [7, 11) is 0. The zero-order chi connectivity index (χ0) is 13.8. The third-order valence-corrected chi connectivity index (χ3v) is 3.44. The van der Waals surface area contributed by atoms with Crippen LogP contribution in [0.4, 0.5) is 0 Å². The topological polar surface area (TPSA) is 56.7 Å². The molecule has 0 aliphatic heterocycles. The minimum atomic E-state index is 0.235. The summed E-state index contributed by atoms with van der Waals surface area (Å²) in [5.41, 5.74) is 7.08. The van der Waals surface area contributed by atoms with Gasteiger partial charge >= 0.3 is 0 Å². The van der Waals surface area contributed by atoms with Crippen LogP contribution in [0.3, 0.4) is 0 Å². The van der Waals surface area contributed by atoms with Gasteiger partial charge in [0.05, 0.1) is 0 Å². The molecular weight excluding hydrogens is 260 g/mol. The highest BCUT2D eigenvalue weighted by molar-refractivity contribution is 6.30. The molecule has 1 aromatic carbocycles. The van der Waals surface area contributed by atoms with E-state index in [0.717, 1.165) is 17.3 Å². The normalized spacial score (nSPS) is 12.9. The molecule has 0 fully saturated rings. The molecule has 5 heteroatoms. The van der Waals surface area contributed by atoms with Gasteiger partial charge in [0.15, 0.2) is 0 Å². The Morgan fingerprint density at radius 2 is 1.95 bits per heavy atom. The Morgan fingerprint density at radius 1 is 1.26 bits per heavy atom. The molecule has 0 radical (unpaired) electrons. The van der Waals surface area contributed by atoms with E-state index in [4.69, 9.17) is 17.3 Å². The van der Waals surface area contributed by atoms with E-state index in [1.54, 1.807) is 6.33 Å². The molecule has 1 heterocycles. The lowest BCUT2D eigenvalue weighted by Crippen LogP contribution is -2.18. The predicted octanol–water partition coefficient (Wildman–Crippen LogP) is 2.80. The summed E-state index contributed by atoms with van der Waals surface area (Å²) < 4.78 is 1.94. The molecule has 0 aliphatic rings. The third kappa shape index (κ3) is 3.33. The summed E-state index contributed by atoms with van der Waals surface area (Å²) >= 11 is 5.91. The molecule has 0 saturated heterocycles. The van der Waals surface area contributed by atoms with Gasteiger partial charge in [-0.1, -0.05) is 23.7 Å². The van der Waals surface area contributed by atoms with Gasteiger partial charge in [0.1, 0.15) is 12.2 Å². The molecule has 2 N–H and O–H groups in total. The summed E-state index contributed by atoms with van der Waals surface area (Å²) in [6.45, 7) is 4.77. The minimum Gasteiger partial charge on any atom is -0.330 e. The van der Waals surface area contributed by atoms with Crippen molar-refractivity contribution in [1.29, 1.82) is 0 Å². The molecule has 102 valence electrons. The van der Waals surface area contributed by atoms with Crippen LogP contribution in [-0.2, 0) is 6.42 Å². The van der Waals surface area contributed by atoms with E-state index in [-0.39, 0.29) is 5.92 Å². The molecular formula is C14H19ClN4. The molecule has 1 aromatic heterocycles. The first kappa shape index (κ1) is 14.0. The van der Waals surface area contributed by atoms with Crippen LogP contribution in [0.15, 0.2) is 30.6 Å². The van der Waals surface area contributed by atoms with Gasteiger partial charge in [0, 0.05) is 23.4 Å². The standard InChI is InChI=1S/C14H19ClN4/c1-10(2)19-14(17-9-18-19)7-12(8-16)11-3-5-13(15)6-4-11/h3-6,9-10,12H,7-8,16H2,1-2H3. The number of hydrogen-bond acceptors (Lipinski definition) is 3. The Kier molecular flexibility index (Phi) is 4.56. The first-order chi connectivity index (χ1) is 9.11. The molecule has 19 heavy (non-hydrogen) atoms. The highest BCUT2D eigenvalue weighted by atomic mass is 35.5. The fraction of sp³-hybridized carbons (Fsp3) is 0.429. The Labute approximate surface area is 118 Å². The van der Waals surface area contributed by atoms with Crippen molar-refractivity contribution in [2.75, 3.05) is 6.54 Å². The quantitative estimate of drug-likeness (QED) is 0.915. The van der Waals surface area contributed by atoms with E-state index >= 15 is 0 Å². The first-order valence-corrected chi connectivity index (χ1v) is 6.83. The van der Waals surface area contributed by atoms with E-state index in [2.05, 4.69) is 23.9 Å². The molecule has 1 atom stereocenters. The summed E-state index contributed by atoms with van der Waals surface area (Å²) in [5.74, 6) is 1.21. The Balaban J connectivity index is 2.19. The van der Waals surface area contributed by atoms with E-state index in [9.17, 15) is 0 Å². The summed E-state index contributed by atoms with van der Waals surface area (Å²) in [6.07, 6.45) is 2.39. The maximum Gasteiger partial charge on any atom is 0.138 e. The van der Waals surface area contributed by atoms with Gasteiger partial charge in [-0.15, -0.1) is 0 Å². The van der Waals surface area contributed by atoms with Gasteiger partial charge in [-0.2, -0.15) is 5.10 Å². The average Bonchev–Trinajstić information content (AvgIpc) is 2.85. The van der Waals surface area contributed by atoms with Crippen molar-refractivity contribution in [3.63, 3.8) is 0 Å². The second-order valence-corrected chi connectivity index (χ2v) is 5.34. The van der Waals surface area contributed by atoms with E-state index in [1.165, 1.54) is 5.56 Å². The summed E-state index contributed by atoms with van der Waals surface area (Å²) in [5, 5.41) is 5.00. The number of nitrogens with two attached hydrogens (primary N) is 1. The number of rotatable bonds is 5. The van der Waals surface area contributed by atoms with Crippen molar-refractivity contribution in [3.05, 3.63) is 47.0 Å². The molecule has 0 bridgehead atoms. The fourth-order valence-electron chi connectivity index (χ4n) is 2.14. The van der Waals surface area contributed by atoms with Gasteiger partial charge < -0.3 is 5.73 Å². The average molecular weight is 279 g/mol. The van der Waals surface area contributed by atoms with Gasteiger partial charge in [-0.25, -0.2) is 9.67 Å². The molecule has 2 rings (SSSR count). The van der Waals surface area contributed by atoms with Crippen LogP contribution in [0.2, 0.25) is 5.02 Å². The summed E-state index contributed by atoms with van der Waals surface area (Å²) in [4.78, 5) is 4.34. The number of nitrogens with zero attached hydrogens (tertiary/aromatic N) is 3. The zero-order valence-electron chi connectivity index (χ0n) is 11.3. The smallest absolute Gasteiger partial charge is 0.138 e. The van der Waals surface area contributed by atoms with Gasteiger partial charge in [-0.3, -0.25) is 0 Å². The fourth-order valence-corrected chi connectivity index (χ4v) is 2.27. The number of hydrogen-bond donors (Lipinski definition) is 1. The molecule has 2 aromatic rings. The van der Waals surface area contributed by atoms with Crippen LogP contribution in [0.1, 0.15) is 37.2 Å². The lowest BCUT2D eigenvalue weighted by Gasteiger charge is -2.16. The summed E-state index contributed by atoms with van der Waals surface area (Å²) in [6, 6.07) is 8.15. The van der Waals surface area contributed by atoms with Crippen molar-refractivity contribution in [3.8, 4) is 0 Å². The predicted molar refractivity (Wildman–Crippen MR) is 77.4 cm³/mol.